The van der Waals surface area contributed by atoms with Crippen molar-refractivity contribution in [2.75, 3.05) is 11.9 Å². The average Bonchev–Trinajstić information content (AvgIpc) is 3.34. The van der Waals surface area contributed by atoms with Crippen LogP contribution >= 0.6 is 0 Å². The monoisotopic (exact) mass is 460 g/mol. The molecule has 6 rings (SSSR count). The Morgan fingerprint density at radius 2 is 1.88 bits per heavy atom. The van der Waals surface area contributed by atoms with Gasteiger partial charge in [-0.05, 0) is 43.4 Å². The van der Waals surface area contributed by atoms with E-state index in [1.807, 2.05) is 0 Å². The summed E-state index contributed by atoms with van der Waals surface area (Å²) in [7, 11) is 0. The maximum atomic E-state index is 14.4. The maximum Gasteiger partial charge on any atom is 0.417 e. The summed E-state index contributed by atoms with van der Waals surface area (Å²) in [4.78, 5) is 20.4. The molecule has 3 aromatic rings. The number of rotatable bonds is 4. The third-order valence-corrected chi connectivity index (χ3v) is 6.30. The Morgan fingerprint density at radius 3 is 2.58 bits per heavy atom. The normalized spacial score (nSPS) is 22.4. The highest BCUT2D eigenvalue weighted by Gasteiger charge is 2.44. The second kappa shape index (κ2) is 8.13. The van der Waals surface area contributed by atoms with Crippen LogP contribution in [0, 0.1) is 11.7 Å². The first-order valence-corrected chi connectivity index (χ1v) is 10.6. The molecule has 0 spiro atoms. The van der Waals surface area contributed by atoms with Crippen molar-refractivity contribution in [3.05, 3.63) is 65.9 Å². The summed E-state index contributed by atoms with van der Waals surface area (Å²) in [6.45, 7) is 0.561. The van der Waals surface area contributed by atoms with Crippen LogP contribution in [0.5, 0.6) is 0 Å². The van der Waals surface area contributed by atoms with Crippen molar-refractivity contribution >= 4 is 11.7 Å². The topological polar surface area (TPSA) is 75.9 Å². The van der Waals surface area contributed by atoms with Gasteiger partial charge in [-0.3, -0.25) is 4.79 Å². The average molecular weight is 460 g/mol. The lowest BCUT2D eigenvalue weighted by Crippen LogP contribution is -2.60. The molecule has 3 fully saturated rings. The number of carbonyl (C=O) groups excluding carboxylic acids is 1. The number of halogens is 4. The van der Waals surface area contributed by atoms with Crippen molar-refractivity contribution in [3.63, 3.8) is 0 Å². The molecule has 0 radical (unpaired) electrons. The fourth-order valence-electron chi connectivity index (χ4n) is 4.78. The highest BCUT2D eigenvalue weighted by Crippen LogP contribution is 2.38. The van der Waals surface area contributed by atoms with Crippen molar-refractivity contribution in [2.24, 2.45) is 5.92 Å². The number of aromatic nitrogens is 4. The van der Waals surface area contributed by atoms with Crippen LogP contribution in [0.1, 0.15) is 35.2 Å². The molecule has 1 saturated carbocycles. The Hall–Kier alpha value is -3.50. The van der Waals surface area contributed by atoms with E-state index in [4.69, 9.17) is 0 Å². The van der Waals surface area contributed by atoms with Gasteiger partial charge < -0.3 is 10.2 Å². The summed E-state index contributed by atoms with van der Waals surface area (Å²) in [5.74, 6) is -1.30. The minimum Gasteiger partial charge on any atom is -0.363 e. The summed E-state index contributed by atoms with van der Waals surface area (Å²) in [5.41, 5.74) is -0.149. The Labute approximate surface area is 186 Å². The Bertz CT molecular complexity index is 1170. The molecular weight excluding hydrogens is 440 g/mol. The molecule has 0 unspecified atom stereocenters. The van der Waals surface area contributed by atoms with Crippen molar-refractivity contribution < 1.29 is 22.4 Å². The van der Waals surface area contributed by atoms with Gasteiger partial charge in [-0.25, -0.2) is 9.37 Å². The molecule has 7 nitrogen and oxygen atoms in total. The molecule has 2 bridgehead atoms. The van der Waals surface area contributed by atoms with Gasteiger partial charge in [0, 0.05) is 18.8 Å². The summed E-state index contributed by atoms with van der Waals surface area (Å²) in [6.07, 6.45) is 1.31. The zero-order valence-corrected chi connectivity index (χ0v) is 17.3. The van der Waals surface area contributed by atoms with Crippen LogP contribution in [-0.2, 0) is 6.18 Å². The van der Waals surface area contributed by atoms with Gasteiger partial charge in [-0.2, -0.15) is 28.2 Å². The first-order valence-electron chi connectivity index (χ1n) is 10.6. The van der Waals surface area contributed by atoms with Gasteiger partial charge in [0.05, 0.1) is 35.2 Å². The molecule has 3 aliphatic rings. The molecule has 11 heteroatoms. The standard InChI is InChI=1S/C22H20F4N6O/c23-16-10-14(22(24,25)26)11-27-20(16)30-17-9-13-5-6-19(17)31(12-13)21(33)15-3-1-2-4-18(15)32-28-7-8-29-32/h1-4,7-8,10-11,13,17,19H,5-6,9,12H2,(H,27,30)/t13-,17+,19-/m0/s1. The molecule has 1 aliphatic carbocycles. The van der Waals surface area contributed by atoms with Crippen LogP contribution in [0.15, 0.2) is 48.9 Å². The molecule has 1 amide bonds. The second-order valence-corrected chi connectivity index (χ2v) is 8.34. The number of amides is 1. The third-order valence-electron chi connectivity index (χ3n) is 6.30. The van der Waals surface area contributed by atoms with E-state index in [2.05, 4.69) is 20.5 Å². The van der Waals surface area contributed by atoms with Crippen LogP contribution in [0.3, 0.4) is 0 Å². The number of piperidine rings is 2. The van der Waals surface area contributed by atoms with Crippen LogP contribution in [-0.4, -0.2) is 49.4 Å². The Balaban J connectivity index is 1.40. The molecular formula is C22H20F4N6O. The summed E-state index contributed by atoms with van der Waals surface area (Å²) in [5, 5.41) is 11.2. The second-order valence-electron chi connectivity index (χ2n) is 8.34. The van der Waals surface area contributed by atoms with Gasteiger partial charge >= 0.3 is 6.18 Å². The molecule has 1 N–H and O–H groups in total. The molecule has 2 aliphatic heterocycles. The zero-order valence-electron chi connectivity index (χ0n) is 17.3. The number of hydrogen-bond acceptors (Lipinski definition) is 5. The van der Waals surface area contributed by atoms with Crippen molar-refractivity contribution in [1.29, 1.82) is 0 Å². The van der Waals surface area contributed by atoms with E-state index in [-0.39, 0.29) is 29.7 Å². The highest BCUT2D eigenvalue weighted by molar-refractivity contribution is 5.98. The third kappa shape index (κ3) is 4.03. The van der Waals surface area contributed by atoms with Gasteiger partial charge in [0.15, 0.2) is 11.6 Å². The number of fused-ring (bicyclic) bond motifs is 3. The summed E-state index contributed by atoms with van der Waals surface area (Å²) >= 11 is 0. The number of alkyl halides is 3. The number of carbonyl (C=O) groups is 1. The van der Waals surface area contributed by atoms with Gasteiger partial charge in [0.2, 0.25) is 0 Å². The minimum absolute atomic E-state index is 0.190. The van der Waals surface area contributed by atoms with Crippen molar-refractivity contribution in [2.45, 2.75) is 37.5 Å². The Kier molecular flexibility index (Phi) is 5.26. The lowest BCUT2D eigenvalue weighted by atomic mass is 9.76. The SMILES string of the molecule is O=C(c1ccccc1-n1nccn1)N1C[C@H]2CC[C@H]1[C@H](Nc1ncc(C(F)(F)F)cc1F)C2. The number of pyridine rings is 1. The van der Waals surface area contributed by atoms with E-state index in [1.54, 1.807) is 29.2 Å². The molecule has 172 valence electrons. The zero-order chi connectivity index (χ0) is 23.2. The van der Waals surface area contributed by atoms with Crippen LogP contribution < -0.4 is 5.32 Å². The van der Waals surface area contributed by atoms with Crippen LogP contribution in [0.2, 0.25) is 0 Å². The van der Waals surface area contributed by atoms with E-state index in [0.717, 1.165) is 6.42 Å². The number of nitrogens with one attached hydrogen (secondary N) is 1. The fraction of sp³-hybridized carbons (Fsp3) is 0.364. The lowest BCUT2D eigenvalue weighted by molar-refractivity contribution is -0.138. The van der Waals surface area contributed by atoms with Crippen LogP contribution in [0.4, 0.5) is 23.4 Å². The van der Waals surface area contributed by atoms with Gasteiger partial charge in [0.25, 0.3) is 5.91 Å². The molecule has 3 atom stereocenters. The smallest absolute Gasteiger partial charge is 0.363 e. The van der Waals surface area contributed by atoms with E-state index in [0.29, 0.717) is 42.9 Å². The number of nitrogens with zero attached hydrogens (tertiary/aromatic N) is 5. The first kappa shape index (κ1) is 21.4. The fourth-order valence-corrected chi connectivity index (χ4v) is 4.78. The molecule has 1 aromatic carbocycles. The van der Waals surface area contributed by atoms with E-state index in [1.165, 1.54) is 17.2 Å². The molecule has 2 aromatic heterocycles. The maximum absolute atomic E-state index is 14.4. The Morgan fingerprint density at radius 1 is 1.12 bits per heavy atom. The summed E-state index contributed by atoms with van der Waals surface area (Å²) < 4.78 is 52.9. The summed E-state index contributed by atoms with van der Waals surface area (Å²) in [6, 6.07) is 6.89. The van der Waals surface area contributed by atoms with Crippen molar-refractivity contribution in [3.8, 4) is 5.69 Å². The van der Waals surface area contributed by atoms with Gasteiger partial charge in [0.1, 0.15) is 0 Å². The number of anilines is 1. The van der Waals surface area contributed by atoms with E-state index >= 15 is 0 Å². The molecule has 4 heterocycles. The minimum atomic E-state index is -4.67. The first-order chi connectivity index (χ1) is 15.8. The van der Waals surface area contributed by atoms with E-state index in [9.17, 15) is 22.4 Å². The van der Waals surface area contributed by atoms with Gasteiger partial charge in [-0.1, -0.05) is 12.1 Å². The predicted molar refractivity (Wildman–Crippen MR) is 110 cm³/mol. The number of benzene rings is 1. The van der Waals surface area contributed by atoms with Gasteiger partial charge in [-0.15, -0.1) is 0 Å². The molecule has 2 saturated heterocycles. The van der Waals surface area contributed by atoms with Crippen LogP contribution in [0.25, 0.3) is 5.69 Å². The number of para-hydroxylation sites is 1. The lowest BCUT2D eigenvalue weighted by Gasteiger charge is -2.50. The largest absolute Gasteiger partial charge is 0.417 e. The highest BCUT2D eigenvalue weighted by atomic mass is 19.4. The van der Waals surface area contributed by atoms with Crippen molar-refractivity contribution in [1.82, 2.24) is 24.9 Å². The number of hydrogen-bond donors (Lipinski definition) is 1. The predicted octanol–water partition coefficient (Wildman–Crippen LogP) is 3.93. The quantitative estimate of drug-likeness (QED) is 0.598. The van der Waals surface area contributed by atoms with E-state index < -0.39 is 17.6 Å². The molecule has 33 heavy (non-hydrogen) atoms.